The fourth-order valence-corrected chi connectivity index (χ4v) is 3.11. The fourth-order valence-electron chi connectivity index (χ4n) is 2.19. The van der Waals surface area contributed by atoms with Crippen LogP contribution in [0.4, 0.5) is 5.69 Å². The Morgan fingerprint density at radius 2 is 2.04 bits per heavy atom. The Hall–Kier alpha value is -2.58. The molecule has 0 radical (unpaired) electrons. The minimum absolute atomic E-state index is 0.0156. The van der Waals surface area contributed by atoms with Gasteiger partial charge in [-0.15, -0.1) is 11.3 Å². The molecule has 3 aromatic rings. The summed E-state index contributed by atoms with van der Waals surface area (Å²) >= 11 is 6.73. The van der Waals surface area contributed by atoms with Crippen LogP contribution in [0.1, 0.15) is 17.3 Å². The maximum atomic E-state index is 12.3. The Bertz CT molecular complexity index is 924. The van der Waals surface area contributed by atoms with Gasteiger partial charge in [-0.3, -0.25) is 19.3 Å². The summed E-state index contributed by atoms with van der Waals surface area (Å²) in [4.78, 5) is 24.5. The van der Waals surface area contributed by atoms with Gasteiger partial charge in [-0.25, -0.2) is 0 Å². The van der Waals surface area contributed by atoms with E-state index in [2.05, 4.69) is 15.5 Å². The molecule has 0 saturated heterocycles. The van der Waals surface area contributed by atoms with E-state index in [4.69, 9.17) is 12.2 Å². The number of aromatic amines is 1. The zero-order valence-electron chi connectivity index (χ0n) is 12.8. The van der Waals surface area contributed by atoms with E-state index in [1.165, 1.54) is 18.3 Å². The Morgan fingerprint density at radius 1 is 1.29 bits per heavy atom. The molecule has 122 valence electrons. The molecular weight excluding hydrogens is 344 g/mol. The highest BCUT2D eigenvalue weighted by Gasteiger charge is 2.13. The Kier molecular flexibility index (Phi) is 4.68. The summed E-state index contributed by atoms with van der Waals surface area (Å²) in [6.45, 7) is 1.55. The molecule has 0 aliphatic rings. The zero-order valence-corrected chi connectivity index (χ0v) is 14.4. The first-order valence-electron chi connectivity index (χ1n) is 7.14. The molecule has 1 aromatic carbocycles. The second kappa shape index (κ2) is 6.90. The van der Waals surface area contributed by atoms with Crippen LogP contribution in [0.25, 0.3) is 10.7 Å². The van der Waals surface area contributed by atoms with Crippen molar-refractivity contribution in [3.05, 3.63) is 52.1 Å². The van der Waals surface area contributed by atoms with Gasteiger partial charge in [-0.2, -0.15) is 5.10 Å². The average molecular weight is 358 g/mol. The number of aromatic nitrogens is 3. The van der Waals surface area contributed by atoms with Gasteiger partial charge in [0.2, 0.25) is 5.91 Å². The molecule has 24 heavy (non-hydrogen) atoms. The quantitative estimate of drug-likeness (QED) is 0.540. The SMILES string of the molecule is CC(=O)c1ccc(NC(=O)Cn2c(-c3cccs3)n[nH]c2=S)cc1. The predicted molar refractivity (Wildman–Crippen MR) is 95.8 cm³/mol. The van der Waals surface area contributed by atoms with Gasteiger partial charge in [0.1, 0.15) is 6.54 Å². The van der Waals surface area contributed by atoms with Gasteiger partial charge in [-0.1, -0.05) is 6.07 Å². The lowest BCUT2D eigenvalue weighted by atomic mass is 10.1. The molecule has 0 fully saturated rings. The summed E-state index contributed by atoms with van der Waals surface area (Å²) in [7, 11) is 0. The van der Waals surface area contributed by atoms with Crippen molar-refractivity contribution in [2.75, 3.05) is 5.32 Å². The van der Waals surface area contributed by atoms with E-state index in [0.29, 0.717) is 21.8 Å². The number of anilines is 1. The van der Waals surface area contributed by atoms with Crippen molar-refractivity contribution in [3.63, 3.8) is 0 Å². The van der Waals surface area contributed by atoms with Gasteiger partial charge in [0, 0.05) is 11.3 Å². The second-order valence-corrected chi connectivity index (χ2v) is 6.43. The molecule has 6 nitrogen and oxygen atoms in total. The molecule has 0 aliphatic carbocycles. The molecule has 2 heterocycles. The first-order valence-corrected chi connectivity index (χ1v) is 8.43. The number of thiophene rings is 1. The van der Waals surface area contributed by atoms with Gasteiger partial charge in [0.25, 0.3) is 0 Å². The largest absolute Gasteiger partial charge is 0.325 e. The summed E-state index contributed by atoms with van der Waals surface area (Å²) < 4.78 is 2.04. The molecular formula is C16H14N4O2S2. The first kappa shape index (κ1) is 16.3. The fraction of sp³-hybridized carbons (Fsp3) is 0.125. The zero-order chi connectivity index (χ0) is 17.1. The maximum absolute atomic E-state index is 12.3. The van der Waals surface area contributed by atoms with E-state index in [-0.39, 0.29) is 18.2 Å². The predicted octanol–water partition coefficient (Wildman–Crippen LogP) is 3.51. The van der Waals surface area contributed by atoms with E-state index >= 15 is 0 Å². The van der Waals surface area contributed by atoms with Crippen molar-refractivity contribution in [2.45, 2.75) is 13.5 Å². The number of Topliss-reactive ketones (excluding diaryl/α,β-unsaturated/α-hetero) is 1. The molecule has 0 aliphatic heterocycles. The van der Waals surface area contributed by atoms with Crippen molar-refractivity contribution in [1.29, 1.82) is 0 Å². The number of carbonyl (C=O) groups is 2. The highest BCUT2D eigenvalue weighted by molar-refractivity contribution is 7.71. The minimum atomic E-state index is -0.221. The van der Waals surface area contributed by atoms with Crippen LogP contribution in [0.3, 0.4) is 0 Å². The molecule has 2 N–H and O–H groups in total. The number of nitrogens with one attached hydrogen (secondary N) is 2. The van der Waals surface area contributed by atoms with Crippen LogP contribution in [0.15, 0.2) is 41.8 Å². The Balaban J connectivity index is 1.75. The number of benzene rings is 1. The lowest BCUT2D eigenvalue weighted by Gasteiger charge is -2.08. The molecule has 0 bridgehead atoms. The van der Waals surface area contributed by atoms with Crippen LogP contribution in [-0.2, 0) is 11.3 Å². The van der Waals surface area contributed by atoms with Crippen molar-refractivity contribution in [3.8, 4) is 10.7 Å². The van der Waals surface area contributed by atoms with Gasteiger partial charge < -0.3 is 5.32 Å². The van der Waals surface area contributed by atoms with Crippen molar-refractivity contribution in [2.24, 2.45) is 0 Å². The molecule has 1 amide bonds. The van der Waals surface area contributed by atoms with E-state index in [1.807, 2.05) is 17.5 Å². The molecule has 8 heteroatoms. The number of nitrogens with zero attached hydrogens (tertiary/aromatic N) is 2. The molecule has 0 unspecified atom stereocenters. The summed E-state index contributed by atoms with van der Waals surface area (Å²) in [6, 6.07) is 10.6. The lowest BCUT2D eigenvalue weighted by molar-refractivity contribution is -0.116. The molecule has 0 saturated carbocycles. The second-order valence-electron chi connectivity index (χ2n) is 5.10. The highest BCUT2D eigenvalue weighted by Crippen LogP contribution is 2.22. The number of H-pyrrole nitrogens is 1. The number of ketones is 1. The van der Waals surface area contributed by atoms with Gasteiger partial charge in [0.05, 0.1) is 4.88 Å². The van der Waals surface area contributed by atoms with Gasteiger partial charge in [-0.05, 0) is 54.9 Å². The van der Waals surface area contributed by atoms with Crippen LogP contribution in [0.5, 0.6) is 0 Å². The molecule has 0 atom stereocenters. The van der Waals surface area contributed by atoms with Crippen LogP contribution in [0.2, 0.25) is 0 Å². The number of hydrogen-bond donors (Lipinski definition) is 2. The maximum Gasteiger partial charge on any atom is 0.244 e. The van der Waals surface area contributed by atoms with Gasteiger partial charge in [0.15, 0.2) is 16.4 Å². The third kappa shape index (κ3) is 3.50. The van der Waals surface area contributed by atoms with Gasteiger partial charge >= 0.3 is 0 Å². The van der Waals surface area contributed by atoms with Crippen LogP contribution in [-0.4, -0.2) is 26.5 Å². The van der Waals surface area contributed by atoms with Crippen molar-refractivity contribution >= 4 is 40.9 Å². The summed E-state index contributed by atoms with van der Waals surface area (Å²) in [5, 5.41) is 11.6. The number of hydrogen-bond acceptors (Lipinski definition) is 5. The number of rotatable bonds is 5. The third-order valence-corrected chi connectivity index (χ3v) is 4.55. The highest BCUT2D eigenvalue weighted by atomic mass is 32.1. The standard InChI is InChI=1S/C16H14N4O2S2/c1-10(21)11-4-6-12(7-5-11)17-14(22)9-20-15(18-19-16(20)23)13-3-2-8-24-13/h2-8H,9H2,1H3,(H,17,22)(H,19,23). The van der Waals surface area contributed by atoms with Crippen molar-refractivity contribution in [1.82, 2.24) is 14.8 Å². The molecule has 2 aromatic heterocycles. The van der Waals surface area contributed by atoms with Crippen molar-refractivity contribution < 1.29 is 9.59 Å². The number of carbonyl (C=O) groups excluding carboxylic acids is 2. The minimum Gasteiger partial charge on any atom is -0.325 e. The Labute approximate surface area is 147 Å². The van der Waals surface area contributed by atoms with E-state index in [0.717, 1.165) is 4.88 Å². The van der Waals surface area contributed by atoms with E-state index in [1.54, 1.807) is 28.8 Å². The Morgan fingerprint density at radius 3 is 2.67 bits per heavy atom. The van der Waals surface area contributed by atoms with Crippen LogP contribution in [0, 0.1) is 4.77 Å². The molecule has 3 rings (SSSR count). The summed E-state index contributed by atoms with van der Waals surface area (Å²) in [6.07, 6.45) is 0. The topological polar surface area (TPSA) is 79.8 Å². The number of amides is 1. The summed E-state index contributed by atoms with van der Waals surface area (Å²) in [5.74, 6) is 0.399. The molecule has 0 spiro atoms. The van der Waals surface area contributed by atoms with Crippen LogP contribution >= 0.6 is 23.6 Å². The van der Waals surface area contributed by atoms with E-state index in [9.17, 15) is 9.59 Å². The van der Waals surface area contributed by atoms with E-state index < -0.39 is 0 Å². The first-order chi connectivity index (χ1) is 11.5. The monoisotopic (exact) mass is 358 g/mol. The normalized spacial score (nSPS) is 10.5. The smallest absolute Gasteiger partial charge is 0.244 e. The third-order valence-electron chi connectivity index (χ3n) is 3.38. The lowest BCUT2D eigenvalue weighted by Crippen LogP contribution is -2.19. The van der Waals surface area contributed by atoms with Crippen LogP contribution < -0.4 is 5.32 Å². The average Bonchev–Trinajstić information content (AvgIpc) is 3.19. The summed E-state index contributed by atoms with van der Waals surface area (Å²) in [5.41, 5.74) is 1.22.